The summed E-state index contributed by atoms with van der Waals surface area (Å²) >= 11 is 0. The molecule has 2 saturated heterocycles. The summed E-state index contributed by atoms with van der Waals surface area (Å²) in [6.07, 6.45) is 2.53. The van der Waals surface area contributed by atoms with Gasteiger partial charge in [-0.3, -0.25) is 14.9 Å². The average Bonchev–Trinajstić information content (AvgIpc) is 2.39. The minimum absolute atomic E-state index is 0.156. The van der Waals surface area contributed by atoms with Gasteiger partial charge in [-0.1, -0.05) is 0 Å². The highest BCUT2D eigenvalue weighted by Gasteiger charge is 2.41. The Hall–Kier alpha value is -1.91. The lowest BCUT2D eigenvalue weighted by Gasteiger charge is -2.43. The van der Waals surface area contributed by atoms with E-state index in [2.05, 4.69) is 10.2 Å². The smallest absolute Gasteiger partial charge is 0.227 e. The quantitative estimate of drug-likeness (QED) is 0.796. The molecule has 0 saturated carbocycles. The molecule has 0 unspecified atom stereocenters. The summed E-state index contributed by atoms with van der Waals surface area (Å²) in [6, 6.07) is 6.45. The van der Waals surface area contributed by atoms with E-state index in [9.17, 15) is 14.0 Å². The molecule has 0 bridgehead atoms. The Morgan fingerprint density at radius 3 is 2.10 bits per heavy atom. The molecule has 0 aliphatic carbocycles. The molecule has 1 aromatic rings. The highest BCUT2D eigenvalue weighted by atomic mass is 19.1. The number of nitrogens with zero attached hydrogens (tertiary/aromatic N) is 1. The van der Waals surface area contributed by atoms with Gasteiger partial charge in [0.25, 0.3) is 0 Å². The van der Waals surface area contributed by atoms with E-state index in [4.69, 9.17) is 0 Å². The number of halogens is 1. The van der Waals surface area contributed by atoms with Crippen LogP contribution in [0.2, 0.25) is 0 Å². The molecule has 4 nitrogen and oxygen atoms in total. The van der Waals surface area contributed by atoms with Gasteiger partial charge in [-0.25, -0.2) is 4.39 Å². The van der Waals surface area contributed by atoms with E-state index >= 15 is 0 Å². The van der Waals surface area contributed by atoms with Crippen molar-refractivity contribution in [1.82, 2.24) is 5.32 Å². The molecule has 2 aliphatic heterocycles. The largest absolute Gasteiger partial charge is 0.371 e. The number of nitrogens with one attached hydrogen (secondary N) is 1. The number of anilines is 1. The molecule has 1 aromatic carbocycles. The summed E-state index contributed by atoms with van der Waals surface area (Å²) in [5.41, 5.74) is 0.823. The molecule has 5 heteroatoms. The van der Waals surface area contributed by atoms with Crippen LogP contribution in [-0.2, 0) is 9.59 Å². The SMILES string of the molecule is O=C1CC2(CCN(c3ccc(F)cc3)CC2)CC(=O)N1. The van der Waals surface area contributed by atoms with Gasteiger partial charge >= 0.3 is 0 Å². The molecule has 20 heavy (non-hydrogen) atoms. The predicted octanol–water partition coefficient (Wildman–Crippen LogP) is 1.85. The molecule has 1 spiro atoms. The Labute approximate surface area is 117 Å². The van der Waals surface area contributed by atoms with E-state index in [0.717, 1.165) is 31.6 Å². The molecule has 2 aliphatic rings. The molecular formula is C15H17FN2O2. The summed E-state index contributed by atoms with van der Waals surface area (Å²) in [7, 11) is 0. The van der Waals surface area contributed by atoms with Gasteiger partial charge in [0, 0.05) is 31.6 Å². The van der Waals surface area contributed by atoms with Gasteiger partial charge in [0.05, 0.1) is 0 Å². The van der Waals surface area contributed by atoms with Crippen molar-refractivity contribution in [1.29, 1.82) is 0 Å². The van der Waals surface area contributed by atoms with E-state index in [-0.39, 0.29) is 23.0 Å². The summed E-state index contributed by atoms with van der Waals surface area (Å²) in [5, 5.41) is 2.37. The maximum atomic E-state index is 12.9. The monoisotopic (exact) mass is 276 g/mol. The molecule has 0 aromatic heterocycles. The van der Waals surface area contributed by atoms with Crippen molar-refractivity contribution in [2.24, 2.45) is 5.41 Å². The van der Waals surface area contributed by atoms with Crippen LogP contribution >= 0.6 is 0 Å². The van der Waals surface area contributed by atoms with Crippen molar-refractivity contribution < 1.29 is 14.0 Å². The van der Waals surface area contributed by atoms with Gasteiger partial charge in [0.15, 0.2) is 0 Å². The molecule has 1 N–H and O–H groups in total. The number of piperidine rings is 2. The van der Waals surface area contributed by atoms with Crippen molar-refractivity contribution in [2.45, 2.75) is 25.7 Å². The molecule has 0 atom stereocenters. The standard InChI is InChI=1S/C15H17FN2O2/c16-11-1-3-12(4-2-11)18-7-5-15(6-8-18)9-13(19)17-14(20)10-15/h1-4H,5-10H2,(H,17,19,20). The zero-order chi connectivity index (χ0) is 14.2. The van der Waals surface area contributed by atoms with Crippen LogP contribution in [0.5, 0.6) is 0 Å². The van der Waals surface area contributed by atoms with Crippen LogP contribution < -0.4 is 10.2 Å². The van der Waals surface area contributed by atoms with E-state index in [0.29, 0.717) is 12.8 Å². The third-order valence-electron chi connectivity index (χ3n) is 4.37. The number of rotatable bonds is 1. The van der Waals surface area contributed by atoms with E-state index in [1.807, 2.05) is 0 Å². The fourth-order valence-corrected chi connectivity index (χ4v) is 3.23. The molecular weight excluding hydrogens is 259 g/mol. The summed E-state index contributed by atoms with van der Waals surface area (Å²) in [4.78, 5) is 25.3. The Balaban J connectivity index is 1.68. The maximum absolute atomic E-state index is 12.9. The summed E-state index contributed by atoms with van der Waals surface area (Å²) < 4.78 is 12.9. The fourth-order valence-electron chi connectivity index (χ4n) is 3.23. The second-order valence-electron chi connectivity index (χ2n) is 5.79. The topological polar surface area (TPSA) is 49.4 Å². The normalized spacial score (nSPS) is 21.9. The average molecular weight is 276 g/mol. The van der Waals surface area contributed by atoms with Crippen molar-refractivity contribution in [3.8, 4) is 0 Å². The maximum Gasteiger partial charge on any atom is 0.227 e. The third-order valence-corrected chi connectivity index (χ3v) is 4.37. The lowest BCUT2D eigenvalue weighted by molar-refractivity contribution is -0.138. The molecule has 2 fully saturated rings. The highest BCUT2D eigenvalue weighted by molar-refractivity contribution is 5.98. The Morgan fingerprint density at radius 2 is 1.55 bits per heavy atom. The number of benzene rings is 1. The van der Waals surface area contributed by atoms with Crippen LogP contribution in [-0.4, -0.2) is 24.9 Å². The van der Waals surface area contributed by atoms with Gasteiger partial charge in [-0.05, 0) is 42.5 Å². The minimum atomic E-state index is -0.239. The number of carbonyl (C=O) groups excluding carboxylic acids is 2. The second kappa shape index (κ2) is 4.89. The number of hydrogen-bond donors (Lipinski definition) is 1. The van der Waals surface area contributed by atoms with Crippen molar-refractivity contribution in [3.63, 3.8) is 0 Å². The van der Waals surface area contributed by atoms with Crippen LogP contribution in [0.3, 0.4) is 0 Å². The van der Waals surface area contributed by atoms with E-state index in [1.54, 1.807) is 12.1 Å². The van der Waals surface area contributed by atoms with Gasteiger partial charge in [-0.15, -0.1) is 0 Å². The zero-order valence-electron chi connectivity index (χ0n) is 11.2. The molecule has 2 heterocycles. The molecule has 3 rings (SSSR count). The number of hydrogen-bond acceptors (Lipinski definition) is 3. The Bertz CT molecular complexity index is 515. The zero-order valence-corrected chi connectivity index (χ0v) is 11.2. The second-order valence-corrected chi connectivity index (χ2v) is 5.79. The minimum Gasteiger partial charge on any atom is -0.371 e. The first-order valence-corrected chi connectivity index (χ1v) is 6.90. The number of imide groups is 1. The van der Waals surface area contributed by atoms with Gasteiger partial charge < -0.3 is 4.90 Å². The summed E-state index contributed by atoms with van der Waals surface area (Å²) in [5.74, 6) is -0.551. The van der Waals surface area contributed by atoms with Crippen molar-refractivity contribution >= 4 is 17.5 Å². The lowest BCUT2D eigenvalue weighted by atomic mass is 9.71. The lowest BCUT2D eigenvalue weighted by Crippen LogP contribution is -2.50. The molecule has 2 amide bonds. The number of carbonyl (C=O) groups is 2. The first-order valence-electron chi connectivity index (χ1n) is 6.90. The first kappa shape index (κ1) is 13.1. The fraction of sp³-hybridized carbons (Fsp3) is 0.467. The molecule has 106 valence electrons. The Kier molecular flexibility index (Phi) is 3.20. The number of amides is 2. The van der Waals surface area contributed by atoms with Crippen LogP contribution in [0.4, 0.5) is 10.1 Å². The summed E-state index contributed by atoms with van der Waals surface area (Å²) in [6.45, 7) is 1.60. The van der Waals surface area contributed by atoms with Gasteiger partial charge in [0.1, 0.15) is 5.82 Å². The van der Waals surface area contributed by atoms with Crippen molar-refractivity contribution in [3.05, 3.63) is 30.1 Å². The van der Waals surface area contributed by atoms with E-state index in [1.165, 1.54) is 12.1 Å². The highest BCUT2D eigenvalue weighted by Crippen LogP contribution is 2.41. The van der Waals surface area contributed by atoms with Crippen molar-refractivity contribution in [2.75, 3.05) is 18.0 Å². The van der Waals surface area contributed by atoms with Crippen LogP contribution in [0.25, 0.3) is 0 Å². The molecule has 0 radical (unpaired) electrons. The Morgan fingerprint density at radius 1 is 1.00 bits per heavy atom. The third kappa shape index (κ3) is 2.53. The van der Waals surface area contributed by atoms with Gasteiger partial charge in [0.2, 0.25) is 11.8 Å². The van der Waals surface area contributed by atoms with Crippen LogP contribution in [0.15, 0.2) is 24.3 Å². The van der Waals surface area contributed by atoms with Gasteiger partial charge in [-0.2, -0.15) is 0 Å². The van der Waals surface area contributed by atoms with E-state index < -0.39 is 0 Å². The van der Waals surface area contributed by atoms with Crippen LogP contribution in [0.1, 0.15) is 25.7 Å². The first-order chi connectivity index (χ1) is 9.56. The van der Waals surface area contributed by atoms with Crippen LogP contribution in [0, 0.1) is 11.2 Å². The predicted molar refractivity (Wildman–Crippen MR) is 72.7 cm³/mol.